The molecule has 0 atom stereocenters. The highest BCUT2D eigenvalue weighted by Crippen LogP contribution is 2.19. The maximum atomic E-state index is 12.1. The quantitative estimate of drug-likeness (QED) is 0.822. The summed E-state index contributed by atoms with van der Waals surface area (Å²) in [6, 6.07) is 13.0. The van der Waals surface area contributed by atoms with Crippen molar-refractivity contribution in [1.82, 2.24) is 5.32 Å². The van der Waals surface area contributed by atoms with Crippen LogP contribution in [-0.4, -0.2) is 11.0 Å². The average molecular weight is 333 g/mol. The standard InChI is InChI=1S/C17H17ClN2OS/c1-3-12-5-7-13(8-6-12)16(21)20-17(22)19-14-9-4-11(2)15(18)10-14/h4-10H,3H2,1-2H3,(H2,19,20,21,22). The second-order valence-corrected chi connectivity index (χ2v) is 5.74. The molecule has 1 amide bonds. The third kappa shape index (κ3) is 4.29. The van der Waals surface area contributed by atoms with E-state index in [1.54, 1.807) is 18.2 Å². The fourth-order valence-corrected chi connectivity index (χ4v) is 2.29. The Labute approximate surface area is 140 Å². The van der Waals surface area contributed by atoms with Crippen molar-refractivity contribution in [2.45, 2.75) is 20.3 Å². The van der Waals surface area contributed by atoms with Crippen LogP contribution < -0.4 is 10.6 Å². The van der Waals surface area contributed by atoms with Crippen molar-refractivity contribution in [2.75, 3.05) is 5.32 Å². The third-order valence-corrected chi connectivity index (χ3v) is 3.89. The van der Waals surface area contributed by atoms with Crippen molar-refractivity contribution >= 4 is 40.5 Å². The first-order valence-electron chi connectivity index (χ1n) is 6.97. The van der Waals surface area contributed by atoms with Gasteiger partial charge in [-0.25, -0.2) is 0 Å². The number of aryl methyl sites for hydroxylation is 2. The van der Waals surface area contributed by atoms with Gasteiger partial charge in [0.2, 0.25) is 0 Å². The predicted octanol–water partition coefficient (Wildman–Crippen LogP) is 4.34. The summed E-state index contributed by atoms with van der Waals surface area (Å²) in [6.07, 6.45) is 0.941. The Bertz CT molecular complexity index is 698. The Morgan fingerprint density at radius 3 is 2.45 bits per heavy atom. The van der Waals surface area contributed by atoms with E-state index in [9.17, 15) is 4.79 Å². The molecule has 114 valence electrons. The van der Waals surface area contributed by atoms with Gasteiger partial charge in [0.05, 0.1) is 0 Å². The highest BCUT2D eigenvalue weighted by Gasteiger charge is 2.08. The Hall–Kier alpha value is -1.91. The lowest BCUT2D eigenvalue weighted by molar-refractivity contribution is 0.0977. The molecule has 0 aromatic heterocycles. The first kappa shape index (κ1) is 16.5. The van der Waals surface area contributed by atoms with E-state index >= 15 is 0 Å². The number of thiocarbonyl (C=S) groups is 1. The Morgan fingerprint density at radius 1 is 1.18 bits per heavy atom. The van der Waals surface area contributed by atoms with Crippen molar-refractivity contribution in [3.05, 3.63) is 64.2 Å². The topological polar surface area (TPSA) is 41.1 Å². The van der Waals surface area contributed by atoms with Crippen LogP contribution in [0.15, 0.2) is 42.5 Å². The molecule has 0 aliphatic rings. The third-order valence-electron chi connectivity index (χ3n) is 3.28. The zero-order valence-corrected chi connectivity index (χ0v) is 14.0. The van der Waals surface area contributed by atoms with Crippen LogP contribution in [-0.2, 0) is 6.42 Å². The highest BCUT2D eigenvalue weighted by atomic mass is 35.5. The number of benzene rings is 2. The van der Waals surface area contributed by atoms with E-state index in [4.69, 9.17) is 23.8 Å². The van der Waals surface area contributed by atoms with E-state index in [1.165, 1.54) is 5.56 Å². The van der Waals surface area contributed by atoms with Crippen LogP contribution >= 0.6 is 23.8 Å². The van der Waals surface area contributed by atoms with Crippen LogP contribution in [0.4, 0.5) is 5.69 Å². The number of rotatable bonds is 3. The van der Waals surface area contributed by atoms with E-state index in [-0.39, 0.29) is 11.0 Å². The largest absolute Gasteiger partial charge is 0.332 e. The SMILES string of the molecule is CCc1ccc(C(=O)NC(=S)Nc2ccc(C)c(Cl)c2)cc1. The molecule has 22 heavy (non-hydrogen) atoms. The molecule has 0 fully saturated rings. The van der Waals surface area contributed by atoms with Crippen LogP contribution in [0.5, 0.6) is 0 Å². The second-order valence-electron chi connectivity index (χ2n) is 4.92. The molecule has 0 spiro atoms. The van der Waals surface area contributed by atoms with Crippen LogP contribution in [0, 0.1) is 6.92 Å². The highest BCUT2D eigenvalue weighted by molar-refractivity contribution is 7.80. The summed E-state index contributed by atoms with van der Waals surface area (Å²) < 4.78 is 0. The molecule has 0 saturated carbocycles. The van der Waals surface area contributed by atoms with Gasteiger partial charge in [-0.05, 0) is 61.0 Å². The molecule has 0 bridgehead atoms. The molecule has 2 aromatic carbocycles. The lowest BCUT2D eigenvalue weighted by Gasteiger charge is -2.10. The van der Waals surface area contributed by atoms with Crippen LogP contribution in [0.1, 0.15) is 28.4 Å². The summed E-state index contributed by atoms with van der Waals surface area (Å²) in [5.41, 5.74) is 3.48. The lowest BCUT2D eigenvalue weighted by Crippen LogP contribution is -2.34. The lowest BCUT2D eigenvalue weighted by atomic mass is 10.1. The second kappa shape index (κ2) is 7.38. The molecular weight excluding hydrogens is 316 g/mol. The number of anilines is 1. The van der Waals surface area contributed by atoms with Crippen molar-refractivity contribution in [1.29, 1.82) is 0 Å². The van der Waals surface area contributed by atoms with Crippen molar-refractivity contribution in [2.24, 2.45) is 0 Å². The summed E-state index contributed by atoms with van der Waals surface area (Å²) in [4.78, 5) is 12.1. The maximum Gasteiger partial charge on any atom is 0.257 e. The fraction of sp³-hybridized carbons (Fsp3) is 0.176. The van der Waals surface area contributed by atoms with Crippen molar-refractivity contribution in [3.8, 4) is 0 Å². The minimum atomic E-state index is -0.238. The van der Waals surface area contributed by atoms with Gasteiger partial charge in [-0.3, -0.25) is 10.1 Å². The van der Waals surface area contributed by atoms with Gasteiger partial charge in [-0.15, -0.1) is 0 Å². The maximum absolute atomic E-state index is 12.1. The van der Waals surface area contributed by atoms with Gasteiger partial charge in [0.15, 0.2) is 5.11 Å². The average Bonchev–Trinajstić information content (AvgIpc) is 2.51. The number of hydrogen-bond donors (Lipinski definition) is 2. The molecule has 0 radical (unpaired) electrons. The molecular formula is C17H17ClN2OS. The summed E-state index contributed by atoms with van der Waals surface area (Å²) in [5, 5.41) is 6.49. The molecule has 0 saturated heterocycles. The van der Waals surface area contributed by atoms with Gasteiger partial charge in [-0.1, -0.05) is 36.7 Å². The van der Waals surface area contributed by atoms with Gasteiger partial charge >= 0.3 is 0 Å². The monoisotopic (exact) mass is 332 g/mol. The number of nitrogens with one attached hydrogen (secondary N) is 2. The molecule has 2 N–H and O–H groups in total. The van der Waals surface area contributed by atoms with Gasteiger partial charge in [0.1, 0.15) is 0 Å². The Balaban J connectivity index is 1.98. The summed E-state index contributed by atoms with van der Waals surface area (Å²) in [5.74, 6) is -0.238. The molecule has 0 aliphatic carbocycles. The normalized spacial score (nSPS) is 10.1. The minimum absolute atomic E-state index is 0.238. The van der Waals surface area contributed by atoms with Crippen LogP contribution in [0.2, 0.25) is 5.02 Å². The number of carbonyl (C=O) groups excluding carboxylic acids is 1. The van der Waals surface area contributed by atoms with Gasteiger partial charge < -0.3 is 5.32 Å². The van der Waals surface area contributed by atoms with Crippen LogP contribution in [0.3, 0.4) is 0 Å². The van der Waals surface area contributed by atoms with E-state index in [0.717, 1.165) is 17.7 Å². The fourth-order valence-electron chi connectivity index (χ4n) is 1.90. The Morgan fingerprint density at radius 2 is 1.86 bits per heavy atom. The minimum Gasteiger partial charge on any atom is -0.332 e. The van der Waals surface area contributed by atoms with E-state index < -0.39 is 0 Å². The van der Waals surface area contributed by atoms with Crippen molar-refractivity contribution < 1.29 is 4.79 Å². The first-order chi connectivity index (χ1) is 10.5. The van der Waals surface area contributed by atoms with Gasteiger partial charge in [0.25, 0.3) is 5.91 Å². The molecule has 3 nitrogen and oxygen atoms in total. The molecule has 5 heteroatoms. The van der Waals surface area contributed by atoms with Gasteiger partial charge in [-0.2, -0.15) is 0 Å². The summed E-state index contributed by atoms with van der Waals surface area (Å²) in [7, 11) is 0. The van der Waals surface area contributed by atoms with Gasteiger partial charge in [0, 0.05) is 16.3 Å². The first-order valence-corrected chi connectivity index (χ1v) is 7.75. The number of amides is 1. The number of carbonyl (C=O) groups is 1. The van der Waals surface area contributed by atoms with E-state index in [0.29, 0.717) is 10.6 Å². The smallest absolute Gasteiger partial charge is 0.257 e. The molecule has 0 unspecified atom stereocenters. The Kier molecular flexibility index (Phi) is 5.52. The van der Waals surface area contributed by atoms with E-state index in [1.807, 2.05) is 31.2 Å². The van der Waals surface area contributed by atoms with Crippen LogP contribution in [0.25, 0.3) is 0 Å². The van der Waals surface area contributed by atoms with Crippen molar-refractivity contribution in [3.63, 3.8) is 0 Å². The summed E-state index contributed by atoms with van der Waals surface area (Å²) in [6.45, 7) is 3.99. The zero-order valence-electron chi connectivity index (χ0n) is 12.4. The zero-order chi connectivity index (χ0) is 16.1. The molecule has 2 aromatic rings. The number of halogens is 1. The molecule has 0 heterocycles. The summed E-state index contributed by atoms with van der Waals surface area (Å²) >= 11 is 11.2. The number of hydrogen-bond acceptors (Lipinski definition) is 2. The molecule has 2 rings (SSSR count). The molecule has 0 aliphatic heterocycles. The predicted molar refractivity (Wildman–Crippen MR) is 95.7 cm³/mol. The van der Waals surface area contributed by atoms with E-state index in [2.05, 4.69) is 17.6 Å².